The highest BCUT2D eigenvalue weighted by molar-refractivity contribution is 5.28. The Balaban J connectivity index is 0.000000187. The maximum absolute atomic E-state index is 8.17. The molecule has 0 bridgehead atoms. The molecule has 3 N–H and O–H groups in total. The quantitative estimate of drug-likeness (QED) is 0.699. The van der Waals surface area contributed by atoms with Gasteiger partial charge in [0.15, 0.2) is 0 Å². The average Bonchev–Trinajstić information content (AvgIpc) is 2.38. The van der Waals surface area contributed by atoms with Gasteiger partial charge in [0, 0.05) is 0 Å². The van der Waals surface area contributed by atoms with Crippen LogP contribution in [0.15, 0.2) is 24.3 Å². The van der Waals surface area contributed by atoms with Gasteiger partial charge in [-0.3, -0.25) is 0 Å². The van der Waals surface area contributed by atoms with Crippen LogP contribution in [-0.2, 0) is 12.8 Å². The average molecular weight is 224 g/mol. The van der Waals surface area contributed by atoms with E-state index in [4.69, 9.17) is 15.3 Å². The highest BCUT2D eigenvalue weighted by atomic mass is 16.3. The van der Waals surface area contributed by atoms with Crippen LogP contribution < -0.4 is 0 Å². The second-order valence-electron chi connectivity index (χ2n) is 3.99. The van der Waals surface area contributed by atoms with Gasteiger partial charge in [-0.2, -0.15) is 0 Å². The SMILES string of the molecule is OCC(O)CO.c1ccc2c(c1)CCCC2. The first-order chi connectivity index (χ1) is 7.77. The van der Waals surface area contributed by atoms with Crippen LogP contribution in [0.2, 0.25) is 0 Å². The molecule has 0 spiro atoms. The maximum atomic E-state index is 8.17. The van der Waals surface area contributed by atoms with Crippen LogP contribution in [0.25, 0.3) is 0 Å². The number of hydrogen-bond acceptors (Lipinski definition) is 3. The first-order valence-electron chi connectivity index (χ1n) is 5.74. The monoisotopic (exact) mass is 224 g/mol. The summed E-state index contributed by atoms with van der Waals surface area (Å²) in [6.07, 6.45) is 4.42. The number of aliphatic hydroxyl groups excluding tert-OH is 3. The Labute approximate surface area is 96.4 Å². The summed E-state index contributed by atoms with van der Waals surface area (Å²) in [5, 5.41) is 24.0. The van der Waals surface area contributed by atoms with Crippen molar-refractivity contribution in [3.8, 4) is 0 Å². The number of benzene rings is 1. The molecule has 1 aliphatic rings. The third-order valence-corrected chi connectivity index (χ3v) is 2.68. The van der Waals surface area contributed by atoms with E-state index in [0.717, 1.165) is 0 Å². The van der Waals surface area contributed by atoms with Crippen molar-refractivity contribution in [2.45, 2.75) is 31.8 Å². The summed E-state index contributed by atoms with van der Waals surface area (Å²) < 4.78 is 0. The molecule has 1 aromatic carbocycles. The summed E-state index contributed by atoms with van der Waals surface area (Å²) in [7, 11) is 0. The Kier molecular flexibility index (Phi) is 6.08. The molecule has 0 atom stereocenters. The zero-order chi connectivity index (χ0) is 11.8. The second-order valence-corrected chi connectivity index (χ2v) is 3.99. The molecule has 16 heavy (non-hydrogen) atoms. The standard InChI is InChI=1S/C10H12.C3H8O3/c1-2-6-10-8-4-3-7-9(10)5-1;4-1-3(6)2-5/h1-2,5-6H,3-4,7-8H2;3-6H,1-2H2. The first kappa shape index (κ1) is 13.2. The Morgan fingerprint density at radius 1 is 0.938 bits per heavy atom. The van der Waals surface area contributed by atoms with Gasteiger partial charge < -0.3 is 15.3 Å². The molecule has 0 radical (unpaired) electrons. The largest absolute Gasteiger partial charge is 0.394 e. The molecule has 0 aliphatic heterocycles. The number of rotatable bonds is 2. The van der Waals surface area contributed by atoms with E-state index in [1.807, 2.05) is 0 Å². The van der Waals surface area contributed by atoms with Gasteiger partial charge >= 0.3 is 0 Å². The summed E-state index contributed by atoms with van der Waals surface area (Å²) in [6.45, 7) is -0.729. The van der Waals surface area contributed by atoms with Crippen LogP contribution in [0.5, 0.6) is 0 Å². The van der Waals surface area contributed by atoms with E-state index < -0.39 is 6.10 Å². The van der Waals surface area contributed by atoms with Gasteiger partial charge in [-0.1, -0.05) is 24.3 Å². The third kappa shape index (κ3) is 4.31. The lowest BCUT2D eigenvalue weighted by atomic mass is 9.92. The van der Waals surface area contributed by atoms with Gasteiger partial charge in [0.05, 0.1) is 13.2 Å². The van der Waals surface area contributed by atoms with Crippen molar-refractivity contribution in [1.82, 2.24) is 0 Å². The van der Waals surface area contributed by atoms with Crippen molar-refractivity contribution in [3.63, 3.8) is 0 Å². The lowest BCUT2D eigenvalue weighted by molar-refractivity contribution is 0.0450. The number of aliphatic hydroxyl groups is 3. The van der Waals surface area contributed by atoms with Crippen LogP contribution in [0.4, 0.5) is 0 Å². The van der Waals surface area contributed by atoms with E-state index in [-0.39, 0.29) is 13.2 Å². The van der Waals surface area contributed by atoms with Crippen molar-refractivity contribution in [3.05, 3.63) is 35.4 Å². The fraction of sp³-hybridized carbons (Fsp3) is 0.538. The topological polar surface area (TPSA) is 60.7 Å². The molecule has 0 amide bonds. The van der Waals surface area contributed by atoms with Crippen LogP contribution in [-0.4, -0.2) is 34.6 Å². The first-order valence-corrected chi connectivity index (χ1v) is 5.74. The van der Waals surface area contributed by atoms with Crippen LogP contribution in [0.1, 0.15) is 24.0 Å². The number of fused-ring (bicyclic) bond motifs is 1. The fourth-order valence-electron chi connectivity index (χ4n) is 1.73. The van der Waals surface area contributed by atoms with Gasteiger partial charge in [-0.15, -0.1) is 0 Å². The molecular weight excluding hydrogens is 204 g/mol. The second kappa shape index (κ2) is 7.39. The molecular formula is C13H20O3. The van der Waals surface area contributed by atoms with Crippen molar-refractivity contribution in [1.29, 1.82) is 0 Å². The zero-order valence-corrected chi connectivity index (χ0v) is 9.47. The highest BCUT2D eigenvalue weighted by Gasteiger charge is 2.05. The van der Waals surface area contributed by atoms with Crippen molar-refractivity contribution >= 4 is 0 Å². The summed E-state index contributed by atoms with van der Waals surface area (Å²) >= 11 is 0. The lowest BCUT2D eigenvalue weighted by Gasteiger charge is -2.13. The normalized spacial score (nSPS) is 14.0. The Hall–Kier alpha value is -0.900. The molecule has 1 aromatic rings. The van der Waals surface area contributed by atoms with Crippen LogP contribution in [0, 0.1) is 0 Å². The van der Waals surface area contributed by atoms with Gasteiger partial charge in [-0.05, 0) is 36.8 Å². The molecule has 3 heteroatoms. The van der Waals surface area contributed by atoms with E-state index in [9.17, 15) is 0 Å². The smallest absolute Gasteiger partial charge is 0.100 e. The predicted octanol–water partition coefficient (Wildman–Crippen LogP) is 0.897. The van der Waals surface area contributed by atoms with E-state index in [2.05, 4.69) is 24.3 Å². The van der Waals surface area contributed by atoms with Crippen LogP contribution in [0.3, 0.4) is 0 Å². The predicted molar refractivity (Wildman–Crippen MR) is 63.3 cm³/mol. The molecule has 0 unspecified atom stereocenters. The molecule has 3 nitrogen and oxygen atoms in total. The van der Waals surface area contributed by atoms with E-state index in [1.54, 1.807) is 11.1 Å². The molecule has 0 saturated heterocycles. The van der Waals surface area contributed by atoms with Gasteiger partial charge in [0.1, 0.15) is 6.10 Å². The Morgan fingerprint density at radius 3 is 1.69 bits per heavy atom. The van der Waals surface area contributed by atoms with Crippen molar-refractivity contribution in [2.24, 2.45) is 0 Å². The van der Waals surface area contributed by atoms with E-state index in [1.165, 1.54) is 25.7 Å². The minimum absolute atomic E-state index is 0.365. The van der Waals surface area contributed by atoms with Crippen molar-refractivity contribution < 1.29 is 15.3 Å². The van der Waals surface area contributed by atoms with Crippen molar-refractivity contribution in [2.75, 3.05) is 13.2 Å². The van der Waals surface area contributed by atoms with Gasteiger partial charge in [-0.25, -0.2) is 0 Å². The Bertz CT molecular complexity index is 270. The van der Waals surface area contributed by atoms with E-state index in [0.29, 0.717) is 0 Å². The molecule has 0 aromatic heterocycles. The molecule has 0 fully saturated rings. The summed E-state index contributed by atoms with van der Waals surface area (Å²) in [4.78, 5) is 0. The molecule has 0 heterocycles. The van der Waals surface area contributed by atoms with Gasteiger partial charge in [0.2, 0.25) is 0 Å². The zero-order valence-electron chi connectivity index (χ0n) is 9.47. The highest BCUT2D eigenvalue weighted by Crippen LogP contribution is 2.19. The molecule has 1 aliphatic carbocycles. The minimum atomic E-state index is -0.954. The summed E-state index contributed by atoms with van der Waals surface area (Å²) in [6, 6.07) is 8.80. The summed E-state index contributed by atoms with van der Waals surface area (Å²) in [5.41, 5.74) is 3.16. The molecule has 0 saturated carbocycles. The lowest BCUT2D eigenvalue weighted by Crippen LogP contribution is -2.15. The maximum Gasteiger partial charge on any atom is 0.100 e. The van der Waals surface area contributed by atoms with Crippen LogP contribution >= 0.6 is 0 Å². The molecule has 2 rings (SSSR count). The van der Waals surface area contributed by atoms with Gasteiger partial charge in [0.25, 0.3) is 0 Å². The molecule has 90 valence electrons. The Morgan fingerprint density at radius 2 is 1.38 bits per heavy atom. The summed E-state index contributed by atoms with van der Waals surface area (Å²) in [5.74, 6) is 0. The third-order valence-electron chi connectivity index (χ3n) is 2.68. The number of aryl methyl sites for hydroxylation is 2. The number of hydrogen-bond donors (Lipinski definition) is 3. The minimum Gasteiger partial charge on any atom is -0.394 e. The fourth-order valence-corrected chi connectivity index (χ4v) is 1.73. The van der Waals surface area contributed by atoms with E-state index >= 15 is 0 Å².